The van der Waals surface area contributed by atoms with Crippen molar-refractivity contribution < 1.29 is 19.4 Å². The molecule has 1 N–H and O–H groups in total. The Morgan fingerprint density at radius 3 is 2.59 bits per heavy atom. The van der Waals surface area contributed by atoms with E-state index in [1.54, 1.807) is 0 Å². The lowest BCUT2D eigenvalue weighted by Crippen LogP contribution is -2.26. The molecule has 27 heavy (non-hydrogen) atoms. The number of carboxylic acid groups (broad SMARTS) is 1. The zero-order valence-electron chi connectivity index (χ0n) is 17.0. The summed E-state index contributed by atoms with van der Waals surface area (Å²) in [5.74, 6) is 0.639. The van der Waals surface area contributed by atoms with Crippen molar-refractivity contribution in [2.24, 2.45) is 11.8 Å². The molecule has 2 aliphatic rings. The molecular formula is C23H38O4. The number of fused-ring (bicyclic) bond motifs is 2. The molecule has 2 bridgehead atoms. The van der Waals surface area contributed by atoms with Gasteiger partial charge in [-0.1, -0.05) is 44.1 Å². The number of carboxylic acids is 1. The number of rotatable bonds is 15. The van der Waals surface area contributed by atoms with Crippen LogP contribution < -0.4 is 0 Å². The Morgan fingerprint density at radius 1 is 1.04 bits per heavy atom. The highest BCUT2D eigenvalue weighted by Gasteiger charge is 2.47. The molecule has 2 rings (SSSR count). The Labute approximate surface area is 165 Å². The van der Waals surface area contributed by atoms with E-state index in [9.17, 15) is 4.79 Å². The highest BCUT2D eigenvalue weighted by Crippen LogP contribution is 2.47. The van der Waals surface area contributed by atoms with Gasteiger partial charge in [0.15, 0.2) is 0 Å². The molecule has 0 aromatic heterocycles. The van der Waals surface area contributed by atoms with Crippen molar-refractivity contribution in [3.8, 4) is 0 Å². The molecule has 154 valence electrons. The van der Waals surface area contributed by atoms with Gasteiger partial charge in [-0.25, -0.2) is 0 Å². The molecule has 2 saturated heterocycles. The fourth-order valence-corrected chi connectivity index (χ4v) is 4.43. The molecular weight excluding hydrogens is 340 g/mol. The van der Waals surface area contributed by atoms with E-state index in [2.05, 4.69) is 31.2 Å². The molecule has 4 atom stereocenters. The summed E-state index contributed by atoms with van der Waals surface area (Å²) >= 11 is 0. The van der Waals surface area contributed by atoms with E-state index >= 15 is 0 Å². The third-order valence-corrected chi connectivity index (χ3v) is 5.84. The van der Waals surface area contributed by atoms with Gasteiger partial charge in [-0.05, 0) is 63.2 Å². The number of allylic oxidation sites excluding steroid dienone is 3. The van der Waals surface area contributed by atoms with E-state index < -0.39 is 5.97 Å². The van der Waals surface area contributed by atoms with Crippen molar-refractivity contribution >= 4 is 5.97 Å². The molecule has 2 aliphatic heterocycles. The molecule has 0 aromatic rings. The van der Waals surface area contributed by atoms with Crippen molar-refractivity contribution in [1.82, 2.24) is 0 Å². The van der Waals surface area contributed by atoms with Crippen LogP contribution in [0.1, 0.15) is 77.6 Å². The van der Waals surface area contributed by atoms with Gasteiger partial charge in [0.05, 0.1) is 18.8 Å². The first-order chi connectivity index (χ1) is 13.2. The maximum atomic E-state index is 10.5. The summed E-state index contributed by atoms with van der Waals surface area (Å²) < 4.78 is 11.9. The van der Waals surface area contributed by atoms with Crippen LogP contribution in [0.3, 0.4) is 0 Å². The number of hydrogen-bond donors (Lipinski definition) is 1. The van der Waals surface area contributed by atoms with Crippen LogP contribution in [0.15, 0.2) is 24.3 Å². The van der Waals surface area contributed by atoms with E-state index in [0.717, 1.165) is 45.3 Å². The Bertz CT molecular complexity index is 471. The van der Waals surface area contributed by atoms with Crippen LogP contribution in [0, 0.1) is 11.8 Å². The zero-order chi connectivity index (χ0) is 19.3. The first-order valence-corrected chi connectivity index (χ1v) is 11.0. The molecule has 0 spiro atoms. The Kier molecular flexibility index (Phi) is 10.8. The van der Waals surface area contributed by atoms with Gasteiger partial charge >= 0.3 is 5.97 Å². The third kappa shape index (κ3) is 8.18. The number of ether oxygens (including phenoxy) is 2. The minimum atomic E-state index is -0.703. The van der Waals surface area contributed by atoms with Crippen molar-refractivity contribution in [1.29, 1.82) is 0 Å². The first-order valence-electron chi connectivity index (χ1n) is 11.0. The van der Waals surface area contributed by atoms with Crippen LogP contribution in [-0.4, -0.2) is 36.5 Å². The van der Waals surface area contributed by atoms with Gasteiger partial charge in [0.2, 0.25) is 0 Å². The lowest BCUT2D eigenvalue weighted by atomic mass is 9.75. The van der Waals surface area contributed by atoms with Crippen LogP contribution >= 0.6 is 0 Å². The van der Waals surface area contributed by atoms with E-state index in [1.807, 2.05) is 0 Å². The van der Waals surface area contributed by atoms with Gasteiger partial charge in [-0.15, -0.1) is 0 Å². The summed E-state index contributed by atoms with van der Waals surface area (Å²) in [6.45, 7) is 3.78. The summed E-state index contributed by atoms with van der Waals surface area (Å²) in [7, 11) is 0. The molecule has 2 fully saturated rings. The number of hydrogen-bond acceptors (Lipinski definition) is 3. The van der Waals surface area contributed by atoms with Crippen molar-refractivity contribution in [3.05, 3.63) is 24.3 Å². The second kappa shape index (κ2) is 13.1. The molecule has 0 radical (unpaired) electrons. The van der Waals surface area contributed by atoms with Gasteiger partial charge in [0.1, 0.15) is 0 Å². The van der Waals surface area contributed by atoms with Crippen LogP contribution in [0.25, 0.3) is 0 Å². The zero-order valence-corrected chi connectivity index (χ0v) is 17.0. The predicted molar refractivity (Wildman–Crippen MR) is 109 cm³/mol. The standard InChI is InChI=1S/C23H38O4/c1-2-3-4-10-17-26-18-11-9-13-20-19(21-15-16-22(20)27-21)12-7-5-6-8-14-23(24)25/h4-5,7,10,19-22H,2-3,6,8-9,11-18H2,1H3,(H,24,25)/b7-5-,10-4+/t19-,20+,21-,22+/m1/s1. The fourth-order valence-electron chi connectivity index (χ4n) is 4.43. The summed E-state index contributed by atoms with van der Waals surface area (Å²) in [6.07, 6.45) is 21.0. The maximum Gasteiger partial charge on any atom is 0.303 e. The molecule has 0 amide bonds. The Balaban J connectivity index is 1.59. The van der Waals surface area contributed by atoms with Gasteiger partial charge in [-0.2, -0.15) is 0 Å². The van der Waals surface area contributed by atoms with Gasteiger partial charge < -0.3 is 14.6 Å². The van der Waals surface area contributed by atoms with Gasteiger partial charge in [0, 0.05) is 13.0 Å². The molecule has 4 heteroatoms. The van der Waals surface area contributed by atoms with Gasteiger partial charge in [0.25, 0.3) is 0 Å². The molecule has 0 aliphatic carbocycles. The van der Waals surface area contributed by atoms with Crippen LogP contribution in [0.5, 0.6) is 0 Å². The van der Waals surface area contributed by atoms with E-state index in [-0.39, 0.29) is 6.42 Å². The van der Waals surface area contributed by atoms with Crippen LogP contribution in [0.4, 0.5) is 0 Å². The molecule has 0 saturated carbocycles. The highest BCUT2D eigenvalue weighted by atomic mass is 16.5. The summed E-state index contributed by atoms with van der Waals surface area (Å²) in [5.41, 5.74) is 0. The van der Waals surface area contributed by atoms with E-state index in [4.69, 9.17) is 14.6 Å². The third-order valence-electron chi connectivity index (χ3n) is 5.84. The molecule has 4 nitrogen and oxygen atoms in total. The number of carbonyl (C=O) groups is 1. The Hall–Kier alpha value is -1.13. The normalized spacial score (nSPS) is 27.3. The Morgan fingerprint density at radius 2 is 1.81 bits per heavy atom. The smallest absolute Gasteiger partial charge is 0.303 e. The van der Waals surface area contributed by atoms with Crippen LogP contribution in [0.2, 0.25) is 0 Å². The molecule has 0 aromatic carbocycles. The van der Waals surface area contributed by atoms with Gasteiger partial charge in [-0.3, -0.25) is 4.79 Å². The van der Waals surface area contributed by atoms with Crippen LogP contribution in [-0.2, 0) is 14.3 Å². The quantitative estimate of drug-likeness (QED) is 0.301. The largest absolute Gasteiger partial charge is 0.481 e. The molecule has 0 unspecified atom stereocenters. The van der Waals surface area contributed by atoms with Crippen molar-refractivity contribution in [2.45, 2.75) is 89.8 Å². The lowest BCUT2D eigenvalue weighted by Gasteiger charge is -2.27. The lowest BCUT2D eigenvalue weighted by molar-refractivity contribution is -0.137. The summed E-state index contributed by atoms with van der Waals surface area (Å²) in [6, 6.07) is 0. The van der Waals surface area contributed by atoms with E-state index in [0.29, 0.717) is 24.0 Å². The SMILES string of the molecule is CCC/C=C/COCCCC[C@H]1[C@@H](C/C=C\CCCC(=O)O)[C@H]2CC[C@@H]1O2. The average Bonchev–Trinajstić information content (AvgIpc) is 3.25. The number of aliphatic carboxylic acids is 1. The molecule has 2 heterocycles. The second-order valence-electron chi connectivity index (χ2n) is 7.94. The topological polar surface area (TPSA) is 55.8 Å². The summed E-state index contributed by atoms with van der Waals surface area (Å²) in [4.78, 5) is 10.5. The minimum absolute atomic E-state index is 0.265. The monoisotopic (exact) mass is 378 g/mol. The highest BCUT2D eigenvalue weighted by molar-refractivity contribution is 5.66. The van der Waals surface area contributed by atoms with Crippen molar-refractivity contribution in [2.75, 3.05) is 13.2 Å². The van der Waals surface area contributed by atoms with Crippen molar-refractivity contribution in [3.63, 3.8) is 0 Å². The minimum Gasteiger partial charge on any atom is -0.481 e. The summed E-state index contributed by atoms with van der Waals surface area (Å²) in [5, 5.41) is 8.68. The predicted octanol–water partition coefficient (Wildman–Crippen LogP) is 5.52. The number of unbranched alkanes of at least 4 members (excludes halogenated alkanes) is 3. The second-order valence-corrected chi connectivity index (χ2v) is 7.94. The van der Waals surface area contributed by atoms with E-state index in [1.165, 1.54) is 32.1 Å². The maximum absolute atomic E-state index is 10.5. The average molecular weight is 379 g/mol. The fraction of sp³-hybridized carbons (Fsp3) is 0.783. The first kappa shape index (κ1) is 22.2.